The van der Waals surface area contributed by atoms with Crippen LogP contribution in [-0.4, -0.2) is 25.9 Å². The van der Waals surface area contributed by atoms with E-state index in [2.05, 4.69) is 20.6 Å². The Balaban J connectivity index is 1.89. The normalized spacial score (nSPS) is 10.8. The van der Waals surface area contributed by atoms with Crippen LogP contribution in [0.4, 0.5) is 5.13 Å². The molecule has 0 saturated carbocycles. The lowest BCUT2D eigenvalue weighted by molar-refractivity contribution is 0.102. The Morgan fingerprint density at radius 3 is 2.75 bits per heavy atom. The molecule has 0 spiro atoms. The molecule has 0 aliphatic heterocycles. The lowest BCUT2D eigenvalue weighted by Crippen LogP contribution is -2.14. The molecule has 2 heterocycles. The molecule has 2 aromatic heterocycles. The molecule has 24 heavy (non-hydrogen) atoms. The van der Waals surface area contributed by atoms with E-state index in [-0.39, 0.29) is 5.91 Å². The van der Waals surface area contributed by atoms with E-state index in [4.69, 9.17) is 0 Å². The first-order valence-corrected chi connectivity index (χ1v) is 8.71. The number of carbonyl (C=O) groups excluding carboxylic acids is 1. The van der Waals surface area contributed by atoms with Crippen LogP contribution in [0.25, 0.3) is 5.69 Å². The molecule has 6 nitrogen and oxygen atoms in total. The van der Waals surface area contributed by atoms with Gasteiger partial charge >= 0.3 is 0 Å². The van der Waals surface area contributed by atoms with Crippen LogP contribution >= 0.6 is 11.3 Å². The van der Waals surface area contributed by atoms with E-state index in [1.807, 2.05) is 49.7 Å². The van der Waals surface area contributed by atoms with Crippen LogP contribution in [0, 0.1) is 6.92 Å². The number of benzene rings is 1. The van der Waals surface area contributed by atoms with Gasteiger partial charge in [0.25, 0.3) is 5.91 Å². The standard InChI is InChI=1S/C17H19N5OS/c1-4-14-13(16(23)19-17-21-20-15(5-2)24-17)10-18-22(14)12-8-6-7-11(3)9-12/h6-10H,4-5H2,1-3H3,(H,19,21,23). The fraction of sp³-hybridized carbons (Fsp3) is 0.294. The van der Waals surface area contributed by atoms with Crippen molar-refractivity contribution in [3.05, 3.63) is 52.3 Å². The van der Waals surface area contributed by atoms with Crippen LogP contribution in [0.5, 0.6) is 0 Å². The zero-order valence-corrected chi connectivity index (χ0v) is 14.7. The van der Waals surface area contributed by atoms with Gasteiger partial charge in [0, 0.05) is 0 Å². The number of anilines is 1. The summed E-state index contributed by atoms with van der Waals surface area (Å²) in [5, 5.41) is 16.7. The van der Waals surface area contributed by atoms with Crippen LogP contribution in [0.3, 0.4) is 0 Å². The maximum atomic E-state index is 12.6. The second kappa shape index (κ2) is 6.92. The largest absolute Gasteiger partial charge is 0.296 e. The smallest absolute Gasteiger partial charge is 0.260 e. The predicted molar refractivity (Wildman–Crippen MR) is 94.9 cm³/mol. The number of rotatable bonds is 5. The third-order valence-electron chi connectivity index (χ3n) is 3.68. The number of hydrogen-bond acceptors (Lipinski definition) is 5. The number of nitrogens with one attached hydrogen (secondary N) is 1. The van der Waals surface area contributed by atoms with Crippen molar-refractivity contribution in [3.63, 3.8) is 0 Å². The summed E-state index contributed by atoms with van der Waals surface area (Å²) < 4.78 is 1.82. The topological polar surface area (TPSA) is 72.7 Å². The van der Waals surface area contributed by atoms with Gasteiger partial charge in [-0.3, -0.25) is 10.1 Å². The molecule has 0 bridgehead atoms. The summed E-state index contributed by atoms with van der Waals surface area (Å²) >= 11 is 1.39. The molecular weight excluding hydrogens is 322 g/mol. The molecule has 1 amide bonds. The molecule has 3 rings (SSSR count). The Labute approximate surface area is 144 Å². The van der Waals surface area contributed by atoms with Gasteiger partial charge in [-0.1, -0.05) is 37.3 Å². The van der Waals surface area contributed by atoms with Gasteiger partial charge in [0.2, 0.25) is 5.13 Å². The van der Waals surface area contributed by atoms with Gasteiger partial charge in [0.15, 0.2) is 0 Å². The van der Waals surface area contributed by atoms with E-state index < -0.39 is 0 Å². The quantitative estimate of drug-likeness (QED) is 0.772. The van der Waals surface area contributed by atoms with Gasteiger partial charge < -0.3 is 0 Å². The SMILES string of the molecule is CCc1nnc(NC(=O)c2cnn(-c3cccc(C)c3)c2CC)s1. The number of nitrogens with zero attached hydrogens (tertiary/aromatic N) is 4. The van der Waals surface area contributed by atoms with E-state index in [0.717, 1.165) is 28.4 Å². The molecule has 0 atom stereocenters. The highest BCUT2D eigenvalue weighted by atomic mass is 32.1. The van der Waals surface area contributed by atoms with Gasteiger partial charge in [0.1, 0.15) is 5.01 Å². The van der Waals surface area contributed by atoms with Crippen molar-refractivity contribution in [1.29, 1.82) is 0 Å². The summed E-state index contributed by atoms with van der Waals surface area (Å²) in [7, 11) is 0. The van der Waals surface area contributed by atoms with Gasteiger partial charge in [-0.25, -0.2) is 4.68 Å². The number of hydrogen-bond donors (Lipinski definition) is 1. The van der Waals surface area contributed by atoms with E-state index in [0.29, 0.717) is 17.1 Å². The van der Waals surface area contributed by atoms with Gasteiger partial charge in [-0.05, 0) is 37.5 Å². The fourth-order valence-electron chi connectivity index (χ4n) is 2.50. The Bertz CT molecular complexity index is 868. The van der Waals surface area contributed by atoms with Gasteiger partial charge in [-0.2, -0.15) is 5.10 Å². The first-order valence-electron chi connectivity index (χ1n) is 7.90. The minimum absolute atomic E-state index is 0.204. The number of carbonyl (C=O) groups is 1. The molecule has 3 aromatic rings. The Hall–Kier alpha value is -2.54. The van der Waals surface area contributed by atoms with E-state index in [9.17, 15) is 4.79 Å². The van der Waals surface area contributed by atoms with Crippen molar-refractivity contribution in [3.8, 4) is 5.69 Å². The average Bonchev–Trinajstić information content (AvgIpc) is 3.20. The molecule has 7 heteroatoms. The second-order valence-corrected chi connectivity index (χ2v) is 6.48. The highest BCUT2D eigenvalue weighted by Gasteiger charge is 2.18. The lowest BCUT2D eigenvalue weighted by Gasteiger charge is -2.08. The highest BCUT2D eigenvalue weighted by Crippen LogP contribution is 2.20. The van der Waals surface area contributed by atoms with E-state index in [1.165, 1.54) is 11.3 Å². The summed E-state index contributed by atoms with van der Waals surface area (Å²) in [6.45, 7) is 6.06. The molecule has 0 aliphatic rings. The molecule has 124 valence electrons. The molecular formula is C17H19N5OS. The Morgan fingerprint density at radius 1 is 1.25 bits per heavy atom. The molecule has 1 aromatic carbocycles. The third-order valence-corrected chi connectivity index (χ3v) is 4.67. The lowest BCUT2D eigenvalue weighted by atomic mass is 10.1. The van der Waals surface area contributed by atoms with E-state index >= 15 is 0 Å². The van der Waals surface area contributed by atoms with Crippen molar-refractivity contribution in [2.45, 2.75) is 33.6 Å². The van der Waals surface area contributed by atoms with Crippen molar-refractivity contribution in [2.75, 3.05) is 5.32 Å². The van der Waals surface area contributed by atoms with Crippen LogP contribution in [0.1, 0.15) is 40.5 Å². The molecule has 1 N–H and O–H groups in total. The van der Waals surface area contributed by atoms with Crippen LogP contribution < -0.4 is 5.32 Å². The van der Waals surface area contributed by atoms with Gasteiger partial charge in [-0.15, -0.1) is 10.2 Å². The zero-order valence-electron chi connectivity index (χ0n) is 13.9. The first-order chi connectivity index (χ1) is 11.6. The second-order valence-electron chi connectivity index (χ2n) is 5.42. The van der Waals surface area contributed by atoms with Crippen LogP contribution in [0.2, 0.25) is 0 Å². The summed E-state index contributed by atoms with van der Waals surface area (Å²) in [5.41, 5.74) is 3.54. The zero-order chi connectivity index (χ0) is 17.1. The molecule has 0 fully saturated rings. The number of aromatic nitrogens is 4. The van der Waals surface area contributed by atoms with Crippen LogP contribution in [0.15, 0.2) is 30.5 Å². The summed E-state index contributed by atoms with van der Waals surface area (Å²) in [5.74, 6) is -0.204. The Kier molecular flexibility index (Phi) is 4.71. The number of aryl methyl sites for hydroxylation is 2. The molecule has 0 radical (unpaired) electrons. The van der Waals surface area contributed by atoms with Crippen LogP contribution in [-0.2, 0) is 12.8 Å². The predicted octanol–water partition coefficient (Wildman–Crippen LogP) is 3.41. The van der Waals surface area contributed by atoms with Crippen molar-refractivity contribution >= 4 is 22.4 Å². The van der Waals surface area contributed by atoms with Gasteiger partial charge in [0.05, 0.1) is 23.1 Å². The van der Waals surface area contributed by atoms with Crippen molar-refractivity contribution in [1.82, 2.24) is 20.0 Å². The fourth-order valence-corrected chi connectivity index (χ4v) is 3.17. The summed E-state index contributed by atoms with van der Waals surface area (Å²) in [6, 6.07) is 8.05. The number of amides is 1. The van der Waals surface area contributed by atoms with E-state index in [1.54, 1.807) is 6.20 Å². The highest BCUT2D eigenvalue weighted by molar-refractivity contribution is 7.15. The third kappa shape index (κ3) is 3.21. The molecule has 0 unspecified atom stereocenters. The maximum Gasteiger partial charge on any atom is 0.260 e. The monoisotopic (exact) mass is 341 g/mol. The minimum Gasteiger partial charge on any atom is -0.296 e. The van der Waals surface area contributed by atoms with Crippen molar-refractivity contribution < 1.29 is 4.79 Å². The molecule has 0 saturated heterocycles. The minimum atomic E-state index is -0.204. The van der Waals surface area contributed by atoms with Crippen molar-refractivity contribution in [2.24, 2.45) is 0 Å². The maximum absolute atomic E-state index is 12.6. The summed E-state index contributed by atoms with van der Waals surface area (Å²) in [4.78, 5) is 12.6. The first kappa shape index (κ1) is 16.3. The Morgan fingerprint density at radius 2 is 2.08 bits per heavy atom. The average molecular weight is 341 g/mol. The molecule has 0 aliphatic carbocycles. The summed E-state index contributed by atoms with van der Waals surface area (Å²) in [6.07, 6.45) is 3.12.